The summed E-state index contributed by atoms with van der Waals surface area (Å²) in [6, 6.07) is -1.78. The third-order valence-electron chi connectivity index (χ3n) is 7.81. The first-order valence-electron chi connectivity index (χ1n) is 12.6. The van der Waals surface area contributed by atoms with Crippen molar-refractivity contribution in [3.8, 4) is 0 Å². The van der Waals surface area contributed by atoms with Crippen LogP contribution in [0, 0.1) is 11.8 Å². The highest BCUT2D eigenvalue weighted by atomic mass is 32.2. The van der Waals surface area contributed by atoms with Gasteiger partial charge < -0.3 is 36.4 Å². The molecule has 5 rings (SSSR count). The second kappa shape index (κ2) is 10.3. The van der Waals surface area contributed by atoms with Crippen LogP contribution in [0.25, 0.3) is 0 Å². The van der Waals surface area contributed by atoms with Gasteiger partial charge in [0.1, 0.15) is 18.6 Å². The number of nitrogens with zero attached hydrogens (tertiary/aromatic N) is 4. The zero-order valence-corrected chi connectivity index (χ0v) is 21.9. The largest absolute Gasteiger partial charge is 0.477 e. The van der Waals surface area contributed by atoms with Crippen molar-refractivity contribution < 1.29 is 29.4 Å². The summed E-state index contributed by atoms with van der Waals surface area (Å²) in [6.07, 6.45) is 1.18. The Bertz CT molecular complexity index is 1080. The first kappa shape index (κ1) is 26.7. The van der Waals surface area contributed by atoms with E-state index in [-0.39, 0.29) is 53.7 Å². The quantitative estimate of drug-likeness (QED) is 0.147. The zero-order valence-electron chi connectivity index (χ0n) is 21.0. The molecule has 0 saturated carbocycles. The van der Waals surface area contributed by atoms with E-state index >= 15 is 0 Å². The lowest BCUT2D eigenvalue weighted by atomic mass is 9.78. The van der Waals surface area contributed by atoms with Gasteiger partial charge in [-0.1, -0.05) is 6.92 Å². The molecule has 0 unspecified atom stereocenters. The topological polar surface area (TPSA) is 205 Å². The molecule has 15 nitrogen and oxygen atoms in total. The fourth-order valence-corrected chi connectivity index (χ4v) is 7.39. The van der Waals surface area contributed by atoms with Crippen LogP contribution in [-0.2, 0) is 19.2 Å². The number of nitrogens with one attached hydrogen (secondary N) is 4. The van der Waals surface area contributed by atoms with Crippen molar-refractivity contribution in [2.75, 3.05) is 26.2 Å². The number of carbonyl (C=O) groups excluding carboxylic acids is 3. The number of rotatable bonds is 8. The van der Waals surface area contributed by atoms with Gasteiger partial charge in [0.25, 0.3) is 0 Å². The number of thioether (sulfide) groups is 1. The maximum Gasteiger partial charge on any atom is 0.353 e. The summed E-state index contributed by atoms with van der Waals surface area (Å²) in [5.41, 5.74) is 11.0. The Kier molecular flexibility index (Phi) is 7.25. The van der Waals surface area contributed by atoms with Gasteiger partial charge in [-0.3, -0.25) is 19.4 Å². The van der Waals surface area contributed by atoms with Gasteiger partial charge in [0.05, 0.1) is 24.1 Å². The van der Waals surface area contributed by atoms with Crippen LogP contribution in [0.3, 0.4) is 0 Å². The Balaban J connectivity index is 1.22. The number of β-amino-alcohol motifs (C(OH)–C–C–N with tert-alkyl or cyclic N) is 1. The molecule has 5 aliphatic rings. The molecule has 0 bridgehead atoms. The summed E-state index contributed by atoms with van der Waals surface area (Å²) < 4.78 is 0. The molecular weight excluding hydrogens is 518 g/mol. The molecule has 8 N–H and O–H groups in total. The molecule has 0 aromatic rings. The highest BCUT2D eigenvalue weighted by molar-refractivity contribution is 8.03. The average molecular weight is 552 g/mol. The van der Waals surface area contributed by atoms with Crippen molar-refractivity contribution >= 4 is 41.8 Å². The van der Waals surface area contributed by atoms with Gasteiger partial charge >= 0.3 is 5.97 Å². The molecule has 0 aromatic heterocycles. The van der Waals surface area contributed by atoms with Crippen molar-refractivity contribution in [1.29, 1.82) is 0 Å². The lowest BCUT2D eigenvalue weighted by Crippen LogP contribution is -2.66. The van der Waals surface area contributed by atoms with E-state index in [1.165, 1.54) is 28.0 Å². The fourth-order valence-electron chi connectivity index (χ4n) is 5.91. The molecule has 0 aliphatic carbocycles. The molecule has 8 atom stereocenters. The molecule has 0 spiro atoms. The Morgan fingerprint density at radius 2 is 2.11 bits per heavy atom. The Morgan fingerprint density at radius 1 is 1.34 bits per heavy atom. The molecule has 5 heterocycles. The average Bonchev–Trinajstić information content (AvgIpc) is 3.63. The minimum Gasteiger partial charge on any atom is -0.477 e. The smallest absolute Gasteiger partial charge is 0.353 e. The number of nitrogens with two attached hydrogens (primary N) is 1. The highest BCUT2D eigenvalue weighted by Gasteiger charge is 2.60. The molecule has 0 radical (unpaired) electrons. The van der Waals surface area contributed by atoms with E-state index in [0.29, 0.717) is 24.4 Å². The molecule has 3 fully saturated rings. The molecular formula is C22H33N9O6S. The maximum atomic E-state index is 13.1. The minimum atomic E-state index is -1.17. The number of likely N-dealkylation sites (tertiary alicyclic amines) is 1. The number of fused-ring (bicyclic) bond motifs is 1. The number of hydrogen-bond donors (Lipinski definition) is 7. The van der Waals surface area contributed by atoms with Gasteiger partial charge in [-0.2, -0.15) is 5.10 Å². The number of carbonyl (C=O) groups is 4. The molecule has 208 valence electrons. The predicted octanol–water partition coefficient (Wildman–Crippen LogP) is -3.47. The first-order valence-corrected chi connectivity index (χ1v) is 13.5. The maximum absolute atomic E-state index is 13.1. The number of hydrazine groups is 2. The fraction of sp³-hybridized carbons (Fsp3) is 0.682. The van der Waals surface area contributed by atoms with Crippen LogP contribution in [-0.4, -0.2) is 117 Å². The van der Waals surface area contributed by atoms with Crippen LogP contribution in [0.5, 0.6) is 0 Å². The number of aliphatic carboxylic acids is 1. The van der Waals surface area contributed by atoms with E-state index < -0.39 is 36.1 Å². The predicted molar refractivity (Wildman–Crippen MR) is 135 cm³/mol. The van der Waals surface area contributed by atoms with Crippen LogP contribution in [0.4, 0.5) is 0 Å². The number of carboxylic acids is 1. The molecule has 3 saturated heterocycles. The number of carboxylic acid groups (broad SMARTS) is 1. The minimum absolute atomic E-state index is 0.0116. The van der Waals surface area contributed by atoms with E-state index in [9.17, 15) is 29.4 Å². The second-order valence-electron chi connectivity index (χ2n) is 10.4. The van der Waals surface area contributed by atoms with E-state index in [2.05, 4.69) is 26.8 Å². The number of β-lactam (4-membered cyclic amide) rings is 1. The summed E-state index contributed by atoms with van der Waals surface area (Å²) in [5.74, 6) is -2.73. The van der Waals surface area contributed by atoms with Gasteiger partial charge in [0.15, 0.2) is 0 Å². The van der Waals surface area contributed by atoms with E-state index in [0.717, 1.165) is 0 Å². The molecule has 0 aromatic carbocycles. The van der Waals surface area contributed by atoms with Gasteiger partial charge in [-0.15, -0.1) is 17.3 Å². The molecule has 5 aliphatic heterocycles. The van der Waals surface area contributed by atoms with Crippen molar-refractivity contribution in [3.05, 3.63) is 10.6 Å². The third kappa shape index (κ3) is 4.70. The summed E-state index contributed by atoms with van der Waals surface area (Å²) in [7, 11) is 0. The van der Waals surface area contributed by atoms with Gasteiger partial charge in [-0.05, 0) is 13.3 Å². The van der Waals surface area contributed by atoms with Crippen molar-refractivity contribution in [2.45, 2.75) is 55.8 Å². The highest BCUT2D eigenvalue weighted by Crippen LogP contribution is 2.51. The van der Waals surface area contributed by atoms with Crippen molar-refractivity contribution in [1.82, 2.24) is 36.5 Å². The van der Waals surface area contributed by atoms with E-state index in [1.54, 1.807) is 11.8 Å². The van der Waals surface area contributed by atoms with Crippen LogP contribution >= 0.6 is 11.8 Å². The molecule has 16 heteroatoms. The summed E-state index contributed by atoms with van der Waals surface area (Å²) in [4.78, 5) is 54.2. The molecule has 38 heavy (non-hydrogen) atoms. The number of aliphatic hydroxyl groups excluding tert-OH is 1. The van der Waals surface area contributed by atoms with Gasteiger partial charge in [-0.25, -0.2) is 10.3 Å². The van der Waals surface area contributed by atoms with Crippen LogP contribution in [0.1, 0.15) is 20.3 Å². The number of hydrazone groups is 1. The van der Waals surface area contributed by atoms with Crippen molar-refractivity contribution in [3.63, 3.8) is 0 Å². The number of amides is 3. The van der Waals surface area contributed by atoms with E-state index in [4.69, 9.17) is 5.73 Å². The molecule has 3 amide bonds. The first-order chi connectivity index (χ1) is 18.1. The van der Waals surface area contributed by atoms with Crippen LogP contribution in [0.2, 0.25) is 0 Å². The number of hydrogen-bond acceptors (Lipinski definition) is 12. The number of aliphatic hydroxyl groups is 1. The Labute approximate surface area is 223 Å². The summed E-state index contributed by atoms with van der Waals surface area (Å²) in [5, 5.41) is 31.1. The zero-order chi connectivity index (χ0) is 27.3. The van der Waals surface area contributed by atoms with Gasteiger partial charge in [0.2, 0.25) is 17.7 Å². The lowest BCUT2D eigenvalue weighted by molar-refractivity contribution is -0.158. The Hall–Kier alpha value is -2.92. The van der Waals surface area contributed by atoms with Crippen LogP contribution in [0.15, 0.2) is 15.7 Å². The SMILES string of the molecule is C[C@@H](NC(=O)CN1C=NNN1)[C@H]1C(=O)N2C(C(=O)O)=C(S[C@@H]3CN[C@H](C(=O)N4C[C@H](N)[C@@H](O)C4)C3)[C@H](C)[C@H]12. The summed E-state index contributed by atoms with van der Waals surface area (Å²) in [6.45, 7) is 4.65. The third-order valence-corrected chi connectivity index (χ3v) is 9.33. The second-order valence-corrected chi connectivity index (χ2v) is 11.7. The van der Waals surface area contributed by atoms with Crippen molar-refractivity contribution in [2.24, 2.45) is 22.7 Å². The Morgan fingerprint density at radius 3 is 2.74 bits per heavy atom. The monoisotopic (exact) mass is 551 g/mol. The standard InChI is InChI=1S/C22H33N9O6S/c1-9-17-16(10(2)26-15(33)7-30-8-25-27-28-30)21(35)31(17)18(22(36)37)19(9)38-11-3-13(24-4-11)20(34)29-5-12(23)14(32)6-29/h8-14,16-17,24,27-28,32H,3-7,23H2,1-2H3,(H,26,33)(H,36,37)/t9-,10-,11+,12+,13+,14+,16-,17-/m1/s1. The lowest BCUT2D eigenvalue weighted by Gasteiger charge is -2.47. The van der Waals surface area contributed by atoms with E-state index in [1.807, 2.05) is 6.92 Å². The van der Waals surface area contributed by atoms with Gasteiger partial charge in [0, 0.05) is 47.8 Å². The van der Waals surface area contributed by atoms with Crippen LogP contribution < -0.4 is 27.4 Å². The normalized spacial score (nSPS) is 34.9. The summed E-state index contributed by atoms with van der Waals surface area (Å²) >= 11 is 1.40.